The van der Waals surface area contributed by atoms with E-state index in [1.165, 1.54) is 15.6 Å². The molecule has 0 spiro atoms. The molecule has 3 heterocycles. The van der Waals surface area contributed by atoms with Crippen molar-refractivity contribution < 1.29 is 27.6 Å². The summed E-state index contributed by atoms with van der Waals surface area (Å²) in [6, 6.07) is 8.94. The lowest BCUT2D eigenvalue weighted by molar-refractivity contribution is -0.141. The minimum absolute atomic E-state index is 0.0219. The van der Waals surface area contributed by atoms with E-state index in [9.17, 15) is 27.6 Å². The molecule has 3 aromatic rings. The van der Waals surface area contributed by atoms with E-state index in [1.54, 1.807) is 24.3 Å². The minimum atomic E-state index is -4.66. The highest BCUT2D eigenvalue weighted by molar-refractivity contribution is 6.04. The molecule has 3 amide bonds. The van der Waals surface area contributed by atoms with Gasteiger partial charge in [-0.1, -0.05) is 24.3 Å². The van der Waals surface area contributed by atoms with E-state index in [0.717, 1.165) is 12.1 Å². The Labute approximate surface area is 190 Å². The molecule has 10 nitrogen and oxygen atoms in total. The first kappa shape index (κ1) is 23.2. The number of alkyl halides is 3. The van der Waals surface area contributed by atoms with E-state index in [4.69, 9.17) is 5.73 Å². The fourth-order valence-electron chi connectivity index (χ4n) is 3.76. The van der Waals surface area contributed by atoms with Crippen LogP contribution in [0.5, 0.6) is 0 Å². The number of halogens is 3. The van der Waals surface area contributed by atoms with Gasteiger partial charge in [-0.15, -0.1) is 0 Å². The normalized spacial score (nSPS) is 16.4. The van der Waals surface area contributed by atoms with Crippen LogP contribution in [0.15, 0.2) is 42.5 Å². The summed E-state index contributed by atoms with van der Waals surface area (Å²) in [5, 5.41) is 10.00. The second-order valence-corrected chi connectivity index (χ2v) is 7.59. The summed E-state index contributed by atoms with van der Waals surface area (Å²) < 4.78 is 40.1. The van der Waals surface area contributed by atoms with Crippen molar-refractivity contribution in [3.05, 3.63) is 53.9 Å². The fraction of sp³-hybridized carbons (Fsp3) is 0.286. The first-order valence-electron chi connectivity index (χ1n) is 10.3. The highest BCUT2D eigenvalue weighted by Gasteiger charge is 2.35. The maximum Gasteiger partial charge on any atom is 0.433 e. The van der Waals surface area contributed by atoms with Crippen LogP contribution in [0, 0.1) is 0 Å². The number of hydrogen-bond donors (Lipinski definition) is 3. The lowest BCUT2D eigenvalue weighted by Crippen LogP contribution is -2.59. The van der Waals surface area contributed by atoms with Crippen molar-refractivity contribution in [2.45, 2.75) is 18.8 Å². The number of carbonyl (C=O) groups excluding carboxylic acids is 3. The molecule has 0 radical (unpaired) electrons. The number of primary amides is 1. The second kappa shape index (κ2) is 9.09. The van der Waals surface area contributed by atoms with E-state index in [1.807, 2.05) is 0 Å². The van der Waals surface area contributed by atoms with Crippen LogP contribution in [0.1, 0.15) is 16.2 Å². The third-order valence-corrected chi connectivity index (χ3v) is 5.33. The Morgan fingerprint density at radius 2 is 1.91 bits per heavy atom. The third-order valence-electron chi connectivity index (χ3n) is 5.33. The van der Waals surface area contributed by atoms with Gasteiger partial charge in [-0.2, -0.15) is 18.3 Å². The van der Waals surface area contributed by atoms with E-state index >= 15 is 0 Å². The maximum atomic E-state index is 13.1. The lowest BCUT2D eigenvalue weighted by Gasteiger charge is -2.35. The average Bonchev–Trinajstić information content (AvgIpc) is 3.17. The predicted octanol–water partition coefficient (Wildman–Crippen LogP) is 0.988. The van der Waals surface area contributed by atoms with E-state index in [0.29, 0.717) is 17.4 Å². The van der Waals surface area contributed by atoms with E-state index in [-0.39, 0.29) is 31.1 Å². The van der Waals surface area contributed by atoms with Crippen LogP contribution >= 0.6 is 0 Å². The van der Waals surface area contributed by atoms with Crippen LogP contribution in [-0.4, -0.2) is 63.1 Å². The topological polar surface area (TPSA) is 135 Å². The average molecular weight is 475 g/mol. The zero-order valence-electron chi connectivity index (χ0n) is 17.7. The molecule has 1 atom stereocenters. The van der Waals surface area contributed by atoms with Gasteiger partial charge in [0.15, 0.2) is 5.69 Å². The molecule has 1 aliphatic heterocycles. The van der Waals surface area contributed by atoms with Crippen LogP contribution < -0.4 is 16.4 Å². The Hall–Kier alpha value is -4.00. The molecule has 1 aliphatic rings. The summed E-state index contributed by atoms with van der Waals surface area (Å²) >= 11 is 0. The van der Waals surface area contributed by atoms with Crippen molar-refractivity contribution in [2.75, 3.05) is 25.0 Å². The first-order valence-corrected chi connectivity index (χ1v) is 10.3. The van der Waals surface area contributed by atoms with Gasteiger partial charge < -0.3 is 21.3 Å². The SMILES string of the molecule is NC(=O)c1nn(CC(=O)N2CCNC[C@H]2C(=O)Nc2cccc(C(F)(F)F)n2)c2ccccc12. The minimum Gasteiger partial charge on any atom is -0.364 e. The number of piperazine rings is 1. The van der Waals surface area contributed by atoms with E-state index < -0.39 is 35.6 Å². The van der Waals surface area contributed by atoms with Gasteiger partial charge >= 0.3 is 6.18 Å². The number of benzene rings is 1. The largest absolute Gasteiger partial charge is 0.433 e. The number of aromatic nitrogens is 3. The molecular weight excluding hydrogens is 455 g/mol. The summed E-state index contributed by atoms with van der Waals surface area (Å²) in [6.07, 6.45) is -4.66. The number of anilines is 1. The Balaban J connectivity index is 1.53. The van der Waals surface area contributed by atoms with Crippen LogP contribution in [-0.2, 0) is 22.3 Å². The summed E-state index contributed by atoms with van der Waals surface area (Å²) in [5.41, 5.74) is 4.79. The molecule has 1 aromatic carbocycles. The molecule has 0 unspecified atom stereocenters. The molecule has 4 rings (SSSR count). The van der Waals surface area contributed by atoms with Crippen LogP contribution in [0.3, 0.4) is 0 Å². The smallest absolute Gasteiger partial charge is 0.364 e. The molecule has 0 aliphatic carbocycles. The molecule has 2 aromatic heterocycles. The lowest BCUT2D eigenvalue weighted by atomic mass is 10.1. The molecular formula is C21H20F3N7O3. The van der Waals surface area contributed by atoms with Gasteiger partial charge in [0, 0.05) is 25.0 Å². The molecule has 178 valence electrons. The van der Waals surface area contributed by atoms with Gasteiger partial charge in [0.1, 0.15) is 24.1 Å². The van der Waals surface area contributed by atoms with Gasteiger partial charge in [-0.25, -0.2) is 4.98 Å². The Bertz CT molecular complexity index is 1260. The Morgan fingerprint density at radius 1 is 1.15 bits per heavy atom. The van der Waals surface area contributed by atoms with Crippen LogP contribution in [0.4, 0.5) is 19.0 Å². The number of rotatable bonds is 5. The molecule has 0 bridgehead atoms. The molecule has 34 heavy (non-hydrogen) atoms. The number of pyridine rings is 1. The van der Waals surface area contributed by atoms with Gasteiger partial charge in [0.25, 0.3) is 5.91 Å². The summed E-state index contributed by atoms with van der Waals surface area (Å²) in [6.45, 7) is 0.445. The van der Waals surface area contributed by atoms with Crippen molar-refractivity contribution in [1.29, 1.82) is 0 Å². The monoisotopic (exact) mass is 475 g/mol. The number of hydrogen-bond acceptors (Lipinski definition) is 6. The van der Waals surface area contributed by atoms with Crippen molar-refractivity contribution in [2.24, 2.45) is 5.73 Å². The molecule has 1 saturated heterocycles. The summed E-state index contributed by atoms with van der Waals surface area (Å²) in [4.78, 5) is 42.5. The second-order valence-electron chi connectivity index (χ2n) is 7.59. The van der Waals surface area contributed by atoms with Crippen molar-refractivity contribution >= 4 is 34.4 Å². The fourth-order valence-corrected chi connectivity index (χ4v) is 3.76. The number of amides is 3. The predicted molar refractivity (Wildman–Crippen MR) is 114 cm³/mol. The number of nitrogens with two attached hydrogens (primary N) is 1. The van der Waals surface area contributed by atoms with Crippen molar-refractivity contribution in [3.63, 3.8) is 0 Å². The quantitative estimate of drug-likeness (QED) is 0.504. The zero-order valence-corrected chi connectivity index (χ0v) is 17.7. The maximum absolute atomic E-state index is 13.1. The van der Waals surface area contributed by atoms with Crippen molar-refractivity contribution in [1.82, 2.24) is 25.0 Å². The van der Waals surface area contributed by atoms with Gasteiger partial charge in [-0.05, 0) is 18.2 Å². The zero-order chi connectivity index (χ0) is 24.5. The number of fused-ring (bicyclic) bond motifs is 1. The van der Waals surface area contributed by atoms with E-state index in [2.05, 4.69) is 20.7 Å². The van der Waals surface area contributed by atoms with Gasteiger partial charge in [-0.3, -0.25) is 19.1 Å². The highest BCUT2D eigenvalue weighted by Crippen LogP contribution is 2.28. The molecule has 1 fully saturated rings. The highest BCUT2D eigenvalue weighted by atomic mass is 19.4. The molecule has 13 heteroatoms. The number of nitrogens with one attached hydrogen (secondary N) is 2. The standard InChI is InChI=1S/C21H20F3N7O3/c22-21(23,24)15-6-3-7-16(27-15)28-20(34)14-10-26-8-9-30(14)17(32)11-31-13-5-2-1-4-12(13)18(29-31)19(25)33/h1-7,14,26H,8-11H2,(H2,25,33)(H,27,28,34)/t14-/m0/s1. The van der Waals surface area contributed by atoms with Crippen LogP contribution in [0.25, 0.3) is 10.9 Å². The number of nitrogens with zero attached hydrogens (tertiary/aromatic N) is 4. The molecule has 4 N–H and O–H groups in total. The van der Waals surface area contributed by atoms with Gasteiger partial charge in [0.2, 0.25) is 11.8 Å². The van der Waals surface area contributed by atoms with Crippen molar-refractivity contribution in [3.8, 4) is 0 Å². The first-order chi connectivity index (χ1) is 16.1. The summed E-state index contributed by atoms with van der Waals surface area (Å²) in [5.74, 6) is -2.16. The summed E-state index contributed by atoms with van der Waals surface area (Å²) in [7, 11) is 0. The Morgan fingerprint density at radius 3 is 2.65 bits per heavy atom. The van der Waals surface area contributed by atoms with Gasteiger partial charge in [0.05, 0.1) is 5.52 Å². The Kier molecular flexibility index (Phi) is 6.20. The van der Waals surface area contributed by atoms with Crippen LogP contribution in [0.2, 0.25) is 0 Å². The molecule has 0 saturated carbocycles. The number of carbonyl (C=O) groups is 3. The third kappa shape index (κ3) is 4.69. The number of para-hydroxylation sites is 1.